The summed E-state index contributed by atoms with van der Waals surface area (Å²) >= 11 is 0. The van der Waals surface area contributed by atoms with E-state index in [1.54, 1.807) is 0 Å². The van der Waals surface area contributed by atoms with Gasteiger partial charge in [-0.15, -0.1) is 0 Å². The van der Waals surface area contributed by atoms with Crippen LogP contribution in [0.25, 0.3) is 0 Å². The standard InChI is InChI=1S/C13H19NO.CH4/c1-3-6-10-8-5-9-12(13(14)15)11(10)7-4-2;/h5,8-9H,3-4,6-7H2,1-2H3,(H2,14,15);1H4. The van der Waals surface area contributed by atoms with Gasteiger partial charge >= 0.3 is 0 Å². The molecule has 0 aromatic heterocycles. The average Bonchev–Trinajstić information content (AvgIpc) is 2.21. The third-order valence-electron chi connectivity index (χ3n) is 2.56. The van der Waals surface area contributed by atoms with Crippen LogP contribution < -0.4 is 5.73 Å². The SMILES string of the molecule is C.CCCc1cccc(C(N)=O)c1CCC. The molecule has 2 nitrogen and oxygen atoms in total. The van der Waals surface area contributed by atoms with Gasteiger partial charge in [-0.1, -0.05) is 46.2 Å². The van der Waals surface area contributed by atoms with E-state index in [1.807, 2.05) is 12.1 Å². The highest BCUT2D eigenvalue weighted by atomic mass is 16.1. The predicted octanol–water partition coefficient (Wildman–Crippen LogP) is 3.33. The molecule has 0 spiro atoms. The van der Waals surface area contributed by atoms with Crippen molar-refractivity contribution in [3.63, 3.8) is 0 Å². The minimum Gasteiger partial charge on any atom is -0.366 e. The van der Waals surface area contributed by atoms with E-state index in [9.17, 15) is 4.79 Å². The molecule has 0 unspecified atom stereocenters. The van der Waals surface area contributed by atoms with E-state index in [0.29, 0.717) is 5.56 Å². The molecule has 0 heterocycles. The lowest BCUT2D eigenvalue weighted by atomic mass is 9.94. The summed E-state index contributed by atoms with van der Waals surface area (Å²) in [7, 11) is 0. The summed E-state index contributed by atoms with van der Waals surface area (Å²) in [4.78, 5) is 11.3. The number of rotatable bonds is 5. The van der Waals surface area contributed by atoms with Gasteiger partial charge in [-0.2, -0.15) is 0 Å². The van der Waals surface area contributed by atoms with Gasteiger partial charge in [0.2, 0.25) is 5.91 Å². The Morgan fingerprint density at radius 3 is 2.31 bits per heavy atom. The Hall–Kier alpha value is -1.31. The van der Waals surface area contributed by atoms with E-state index in [1.165, 1.54) is 5.56 Å². The molecular weight excluding hydrogens is 198 g/mol. The Bertz CT molecular complexity index is 345. The Morgan fingerprint density at radius 1 is 1.19 bits per heavy atom. The van der Waals surface area contributed by atoms with Crippen molar-refractivity contribution >= 4 is 5.91 Å². The van der Waals surface area contributed by atoms with E-state index >= 15 is 0 Å². The molecule has 1 amide bonds. The van der Waals surface area contributed by atoms with Crippen molar-refractivity contribution in [1.82, 2.24) is 0 Å². The van der Waals surface area contributed by atoms with E-state index < -0.39 is 0 Å². The molecule has 0 aliphatic rings. The minimum absolute atomic E-state index is 0. The van der Waals surface area contributed by atoms with E-state index in [2.05, 4.69) is 19.9 Å². The number of amides is 1. The summed E-state index contributed by atoms with van der Waals surface area (Å²) in [6, 6.07) is 5.84. The van der Waals surface area contributed by atoms with Gasteiger partial charge in [0.1, 0.15) is 0 Å². The number of aryl methyl sites for hydroxylation is 1. The molecule has 2 N–H and O–H groups in total. The fraction of sp³-hybridized carbons (Fsp3) is 0.500. The summed E-state index contributed by atoms with van der Waals surface area (Å²) in [5.41, 5.74) is 8.49. The average molecular weight is 221 g/mol. The second-order valence-corrected chi connectivity index (χ2v) is 3.81. The molecule has 0 atom stereocenters. The molecule has 0 bridgehead atoms. The lowest BCUT2D eigenvalue weighted by Crippen LogP contribution is -2.15. The van der Waals surface area contributed by atoms with Crippen molar-refractivity contribution < 1.29 is 4.79 Å². The maximum atomic E-state index is 11.3. The number of benzene rings is 1. The first-order valence-electron chi connectivity index (χ1n) is 5.61. The highest BCUT2D eigenvalue weighted by Crippen LogP contribution is 2.18. The molecule has 90 valence electrons. The maximum absolute atomic E-state index is 11.3. The quantitative estimate of drug-likeness (QED) is 0.814. The zero-order valence-electron chi connectivity index (χ0n) is 9.55. The van der Waals surface area contributed by atoms with Crippen molar-refractivity contribution in [3.05, 3.63) is 34.9 Å². The van der Waals surface area contributed by atoms with Crippen molar-refractivity contribution in [2.45, 2.75) is 47.0 Å². The molecule has 0 saturated carbocycles. The van der Waals surface area contributed by atoms with Crippen LogP contribution in [0.2, 0.25) is 0 Å². The fourth-order valence-electron chi connectivity index (χ4n) is 1.91. The van der Waals surface area contributed by atoms with Gasteiger partial charge < -0.3 is 5.73 Å². The largest absolute Gasteiger partial charge is 0.366 e. The summed E-state index contributed by atoms with van der Waals surface area (Å²) in [6.45, 7) is 4.26. The number of primary amides is 1. The number of nitrogens with two attached hydrogens (primary N) is 1. The van der Waals surface area contributed by atoms with Gasteiger partial charge in [0, 0.05) is 5.56 Å². The first kappa shape index (κ1) is 14.7. The molecule has 2 heteroatoms. The molecule has 16 heavy (non-hydrogen) atoms. The van der Waals surface area contributed by atoms with E-state index in [4.69, 9.17) is 5.73 Å². The lowest BCUT2D eigenvalue weighted by Gasteiger charge is -2.11. The van der Waals surface area contributed by atoms with Crippen LogP contribution >= 0.6 is 0 Å². The molecule has 1 rings (SSSR count). The molecular formula is C14H23NO. The highest BCUT2D eigenvalue weighted by molar-refractivity contribution is 5.94. The van der Waals surface area contributed by atoms with Gasteiger partial charge in [-0.25, -0.2) is 0 Å². The Morgan fingerprint density at radius 2 is 1.81 bits per heavy atom. The number of carbonyl (C=O) groups is 1. The second-order valence-electron chi connectivity index (χ2n) is 3.81. The zero-order chi connectivity index (χ0) is 11.3. The predicted molar refractivity (Wildman–Crippen MR) is 69.7 cm³/mol. The van der Waals surface area contributed by atoms with Crippen LogP contribution in [0, 0.1) is 0 Å². The minimum atomic E-state index is -0.309. The van der Waals surface area contributed by atoms with Crippen molar-refractivity contribution in [2.24, 2.45) is 5.73 Å². The highest BCUT2D eigenvalue weighted by Gasteiger charge is 2.10. The number of hydrogen-bond donors (Lipinski definition) is 1. The van der Waals surface area contributed by atoms with E-state index in [-0.39, 0.29) is 13.3 Å². The van der Waals surface area contributed by atoms with Crippen LogP contribution in [-0.2, 0) is 12.8 Å². The molecule has 0 fully saturated rings. The molecule has 0 aliphatic heterocycles. The maximum Gasteiger partial charge on any atom is 0.248 e. The van der Waals surface area contributed by atoms with Gasteiger partial charge in [0.05, 0.1) is 0 Å². The summed E-state index contributed by atoms with van der Waals surface area (Å²) < 4.78 is 0. The molecule has 0 saturated heterocycles. The fourth-order valence-corrected chi connectivity index (χ4v) is 1.91. The van der Waals surface area contributed by atoms with Crippen LogP contribution in [0.15, 0.2) is 18.2 Å². The monoisotopic (exact) mass is 221 g/mol. The third-order valence-corrected chi connectivity index (χ3v) is 2.56. The Balaban J connectivity index is 0.00000225. The Labute approximate surface area is 98.9 Å². The number of hydrogen-bond acceptors (Lipinski definition) is 1. The topological polar surface area (TPSA) is 43.1 Å². The van der Waals surface area contributed by atoms with Crippen molar-refractivity contribution in [3.8, 4) is 0 Å². The first-order chi connectivity index (χ1) is 7.20. The van der Waals surface area contributed by atoms with Crippen LogP contribution in [0.4, 0.5) is 0 Å². The smallest absolute Gasteiger partial charge is 0.248 e. The Kier molecular flexibility index (Phi) is 6.47. The molecule has 0 aliphatic carbocycles. The summed E-state index contributed by atoms with van der Waals surface area (Å²) in [5.74, 6) is -0.309. The van der Waals surface area contributed by atoms with E-state index in [0.717, 1.165) is 31.2 Å². The van der Waals surface area contributed by atoms with Crippen LogP contribution in [0.1, 0.15) is 55.6 Å². The van der Waals surface area contributed by atoms with Crippen LogP contribution in [-0.4, -0.2) is 5.91 Å². The third kappa shape index (κ3) is 3.37. The van der Waals surface area contributed by atoms with Gasteiger partial charge in [0.25, 0.3) is 0 Å². The summed E-state index contributed by atoms with van der Waals surface area (Å²) in [6.07, 6.45) is 4.10. The van der Waals surface area contributed by atoms with Crippen molar-refractivity contribution in [2.75, 3.05) is 0 Å². The first-order valence-corrected chi connectivity index (χ1v) is 5.61. The van der Waals surface area contributed by atoms with Gasteiger partial charge in [-0.05, 0) is 30.0 Å². The molecule has 1 aromatic carbocycles. The van der Waals surface area contributed by atoms with Gasteiger partial charge in [-0.3, -0.25) is 4.79 Å². The van der Waals surface area contributed by atoms with Gasteiger partial charge in [0.15, 0.2) is 0 Å². The second kappa shape index (κ2) is 7.04. The zero-order valence-corrected chi connectivity index (χ0v) is 9.55. The van der Waals surface area contributed by atoms with Crippen LogP contribution in [0.3, 0.4) is 0 Å². The molecule has 1 aromatic rings. The molecule has 0 radical (unpaired) electrons. The van der Waals surface area contributed by atoms with Crippen molar-refractivity contribution in [1.29, 1.82) is 0 Å². The number of carbonyl (C=O) groups excluding carboxylic acids is 1. The lowest BCUT2D eigenvalue weighted by molar-refractivity contribution is 0.0999. The summed E-state index contributed by atoms with van der Waals surface area (Å²) in [5, 5.41) is 0. The van der Waals surface area contributed by atoms with Crippen LogP contribution in [0.5, 0.6) is 0 Å². The normalized spacial score (nSPS) is 9.62.